The Kier molecular flexibility index (Phi) is 3.99. The largest absolute Gasteiger partial charge is 0.506 e. The van der Waals surface area contributed by atoms with E-state index in [1.165, 1.54) is 19.2 Å². The highest BCUT2D eigenvalue weighted by molar-refractivity contribution is 6.03. The fourth-order valence-corrected chi connectivity index (χ4v) is 1.74. The smallest absolute Gasteiger partial charge is 0.258 e. The van der Waals surface area contributed by atoms with E-state index < -0.39 is 17.5 Å². The van der Waals surface area contributed by atoms with Crippen molar-refractivity contribution in [1.29, 1.82) is 0 Å². The summed E-state index contributed by atoms with van der Waals surface area (Å²) in [5.41, 5.74) is 5.22. The van der Waals surface area contributed by atoms with E-state index in [0.717, 1.165) is 6.07 Å². The molecule has 0 fully saturated rings. The zero-order chi connectivity index (χ0) is 14.7. The van der Waals surface area contributed by atoms with Crippen molar-refractivity contribution >= 4 is 16.8 Å². The maximum Gasteiger partial charge on any atom is 0.258 e. The maximum absolute atomic E-state index is 13.2. The number of amides is 1. The van der Waals surface area contributed by atoms with Crippen LogP contribution in [0.4, 0.5) is 4.39 Å². The summed E-state index contributed by atoms with van der Waals surface area (Å²) in [6.07, 6.45) is 0. The highest BCUT2D eigenvalue weighted by atomic mass is 19.1. The Balaban J connectivity index is 2.58. The van der Waals surface area contributed by atoms with Gasteiger partial charge in [0, 0.05) is 12.5 Å². The number of carbonyl (C=O) groups is 1. The van der Waals surface area contributed by atoms with Gasteiger partial charge in [0.15, 0.2) is 0 Å². The molecule has 1 amide bonds. The average molecular weight is 280 g/mol. The van der Waals surface area contributed by atoms with Crippen LogP contribution < -0.4 is 10.5 Å². The second-order valence-electron chi connectivity index (χ2n) is 4.01. The first-order chi connectivity index (χ1) is 9.54. The molecule has 1 heterocycles. The normalized spacial score (nSPS) is 10.7. The Morgan fingerprint density at radius 3 is 2.85 bits per heavy atom. The Hall–Kier alpha value is -2.41. The summed E-state index contributed by atoms with van der Waals surface area (Å²) in [4.78, 5) is 15.5. The lowest BCUT2D eigenvalue weighted by atomic mass is 10.1. The van der Waals surface area contributed by atoms with Gasteiger partial charge in [-0.2, -0.15) is 0 Å². The third kappa shape index (κ3) is 2.62. The monoisotopic (exact) mass is 280 g/mol. The van der Waals surface area contributed by atoms with Crippen LogP contribution in [0.2, 0.25) is 0 Å². The van der Waals surface area contributed by atoms with Crippen molar-refractivity contribution in [1.82, 2.24) is 4.98 Å². The number of aromatic hydroxyl groups is 1. The van der Waals surface area contributed by atoms with Crippen LogP contribution in [0.5, 0.6) is 11.6 Å². The molecule has 0 atom stereocenters. The molecule has 106 valence electrons. The number of nitrogens with zero attached hydrogens (tertiary/aromatic N) is 1. The van der Waals surface area contributed by atoms with Crippen LogP contribution in [0.25, 0.3) is 10.9 Å². The summed E-state index contributed by atoms with van der Waals surface area (Å²) in [5, 5.41) is 10.2. The van der Waals surface area contributed by atoms with E-state index in [9.17, 15) is 14.3 Å². The zero-order valence-electron chi connectivity index (χ0n) is 10.7. The Labute approximate surface area is 113 Å². The number of carbonyl (C=O) groups excluding carboxylic acids is 1. The molecule has 1 aromatic heterocycles. The van der Waals surface area contributed by atoms with Gasteiger partial charge in [0.25, 0.3) is 5.91 Å². The zero-order valence-corrected chi connectivity index (χ0v) is 10.7. The number of pyridine rings is 1. The van der Waals surface area contributed by atoms with Crippen molar-refractivity contribution in [2.75, 3.05) is 20.3 Å². The van der Waals surface area contributed by atoms with Crippen molar-refractivity contribution in [3.63, 3.8) is 0 Å². The number of aromatic nitrogens is 1. The molecule has 2 rings (SSSR count). The van der Waals surface area contributed by atoms with Gasteiger partial charge in [-0.25, -0.2) is 9.37 Å². The summed E-state index contributed by atoms with van der Waals surface area (Å²) in [5.74, 6) is -2.02. The number of methoxy groups -OCH3 is 1. The minimum atomic E-state index is -0.909. The predicted octanol–water partition coefficient (Wildman–Crippen LogP) is 1.20. The molecular weight excluding hydrogens is 267 g/mol. The second-order valence-corrected chi connectivity index (χ2v) is 4.01. The molecule has 0 saturated heterocycles. The van der Waals surface area contributed by atoms with Gasteiger partial charge in [0.2, 0.25) is 5.88 Å². The summed E-state index contributed by atoms with van der Waals surface area (Å²) in [6, 6.07) is 3.64. The first-order valence-corrected chi connectivity index (χ1v) is 5.78. The molecule has 3 N–H and O–H groups in total. The average Bonchev–Trinajstić information content (AvgIpc) is 2.39. The first kappa shape index (κ1) is 14.0. The van der Waals surface area contributed by atoms with Crippen LogP contribution in [-0.4, -0.2) is 36.3 Å². The van der Waals surface area contributed by atoms with Gasteiger partial charge in [0.05, 0.1) is 12.1 Å². The van der Waals surface area contributed by atoms with E-state index in [2.05, 4.69) is 4.98 Å². The molecule has 6 nitrogen and oxygen atoms in total. The number of ether oxygens (including phenoxy) is 2. The third-order valence-corrected chi connectivity index (χ3v) is 2.66. The Bertz CT molecular complexity index is 660. The van der Waals surface area contributed by atoms with E-state index in [1.54, 1.807) is 0 Å². The number of halogens is 1. The number of hydrogen-bond acceptors (Lipinski definition) is 5. The molecule has 0 radical (unpaired) electrons. The van der Waals surface area contributed by atoms with Gasteiger partial charge >= 0.3 is 0 Å². The lowest BCUT2D eigenvalue weighted by molar-refractivity contribution is 0.0988. The van der Waals surface area contributed by atoms with Gasteiger partial charge in [-0.3, -0.25) is 4.79 Å². The molecule has 7 heteroatoms. The van der Waals surface area contributed by atoms with Crippen molar-refractivity contribution in [2.45, 2.75) is 0 Å². The van der Waals surface area contributed by atoms with Crippen molar-refractivity contribution < 1.29 is 23.8 Å². The van der Waals surface area contributed by atoms with E-state index in [1.807, 2.05) is 0 Å². The predicted molar refractivity (Wildman–Crippen MR) is 69.3 cm³/mol. The van der Waals surface area contributed by atoms with Gasteiger partial charge in [-0.05, 0) is 18.2 Å². The SMILES string of the molecule is COCCOc1nc2ccc(F)cc2c(O)c1C(N)=O. The number of nitrogens with two attached hydrogens (primary N) is 1. The topological polar surface area (TPSA) is 94.7 Å². The lowest BCUT2D eigenvalue weighted by Gasteiger charge is -2.12. The molecule has 2 aromatic rings. The number of benzene rings is 1. The van der Waals surface area contributed by atoms with Crippen LogP contribution in [0.15, 0.2) is 18.2 Å². The Morgan fingerprint density at radius 2 is 2.20 bits per heavy atom. The Morgan fingerprint density at radius 1 is 1.45 bits per heavy atom. The summed E-state index contributed by atoms with van der Waals surface area (Å²) < 4.78 is 23.3. The van der Waals surface area contributed by atoms with E-state index in [0.29, 0.717) is 5.52 Å². The maximum atomic E-state index is 13.2. The quantitative estimate of drug-likeness (QED) is 0.802. The van der Waals surface area contributed by atoms with E-state index in [-0.39, 0.29) is 30.0 Å². The van der Waals surface area contributed by atoms with Crippen LogP contribution in [0.3, 0.4) is 0 Å². The van der Waals surface area contributed by atoms with E-state index in [4.69, 9.17) is 15.2 Å². The van der Waals surface area contributed by atoms with Crippen LogP contribution >= 0.6 is 0 Å². The molecule has 0 aliphatic rings. The van der Waals surface area contributed by atoms with Crippen molar-refractivity contribution in [2.24, 2.45) is 5.73 Å². The second kappa shape index (κ2) is 5.70. The molecule has 0 aliphatic carbocycles. The van der Waals surface area contributed by atoms with Gasteiger partial charge < -0.3 is 20.3 Å². The highest BCUT2D eigenvalue weighted by Gasteiger charge is 2.20. The minimum absolute atomic E-state index is 0.0953. The molecule has 0 aliphatic heterocycles. The van der Waals surface area contributed by atoms with Crippen LogP contribution in [-0.2, 0) is 4.74 Å². The standard InChI is InChI=1S/C13H13FN2O4/c1-19-4-5-20-13-10(12(15)18)11(17)8-6-7(14)2-3-9(8)16-13/h2-3,6H,4-5H2,1H3,(H2,15,18)(H,16,17). The molecule has 20 heavy (non-hydrogen) atoms. The van der Waals surface area contributed by atoms with Crippen LogP contribution in [0.1, 0.15) is 10.4 Å². The molecule has 0 unspecified atom stereocenters. The van der Waals surface area contributed by atoms with Gasteiger partial charge in [-0.1, -0.05) is 0 Å². The molecule has 1 aromatic carbocycles. The number of hydrogen-bond donors (Lipinski definition) is 2. The summed E-state index contributed by atoms with van der Waals surface area (Å²) >= 11 is 0. The fourth-order valence-electron chi connectivity index (χ4n) is 1.74. The van der Waals surface area contributed by atoms with Gasteiger partial charge in [0.1, 0.15) is 23.7 Å². The van der Waals surface area contributed by atoms with Crippen molar-refractivity contribution in [3.05, 3.63) is 29.6 Å². The fraction of sp³-hybridized carbons (Fsp3) is 0.231. The number of fused-ring (bicyclic) bond motifs is 1. The van der Waals surface area contributed by atoms with Crippen molar-refractivity contribution in [3.8, 4) is 11.6 Å². The third-order valence-electron chi connectivity index (χ3n) is 2.66. The minimum Gasteiger partial charge on any atom is -0.506 e. The molecule has 0 spiro atoms. The summed E-state index contributed by atoms with van der Waals surface area (Å²) in [7, 11) is 1.49. The van der Waals surface area contributed by atoms with Gasteiger partial charge in [-0.15, -0.1) is 0 Å². The van der Waals surface area contributed by atoms with E-state index >= 15 is 0 Å². The number of rotatable bonds is 5. The van der Waals surface area contributed by atoms with Crippen LogP contribution in [0, 0.1) is 5.82 Å². The molecule has 0 bridgehead atoms. The number of primary amides is 1. The molecule has 0 saturated carbocycles. The first-order valence-electron chi connectivity index (χ1n) is 5.78. The lowest BCUT2D eigenvalue weighted by Crippen LogP contribution is -2.16. The molecular formula is C13H13FN2O4. The summed E-state index contributed by atoms with van der Waals surface area (Å²) in [6.45, 7) is 0.415. The highest BCUT2D eigenvalue weighted by Crippen LogP contribution is 2.33.